The van der Waals surface area contributed by atoms with Gasteiger partial charge in [-0.15, -0.1) is 0 Å². The summed E-state index contributed by atoms with van der Waals surface area (Å²) in [6, 6.07) is 6.90. The fourth-order valence-corrected chi connectivity index (χ4v) is 3.71. The Morgan fingerprint density at radius 3 is 2.47 bits per heavy atom. The Labute approximate surface area is 122 Å². The molecule has 2 rings (SSSR count). The lowest BCUT2D eigenvalue weighted by atomic mass is 9.90. The molecule has 0 radical (unpaired) electrons. The second kappa shape index (κ2) is 6.35. The number of ether oxygens (including phenoxy) is 1. The van der Waals surface area contributed by atoms with E-state index in [1.54, 1.807) is 12.1 Å². The summed E-state index contributed by atoms with van der Waals surface area (Å²) in [5.74, 6) is 0. The van der Waals surface area contributed by atoms with Gasteiger partial charge in [-0.1, -0.05) is 28.1 Å². The van der Waals surface area contributed by atoms with Crippen LogP contribution in [0.5, 0.6) is 0 Å². The lowest BCUT2D eigenvalue weighted by molar-refractivity contribution is -0.00475. The third-order valence-electron chi connectivity index (χ3n) is 3.21. The third kappa shape index (κ3) is 3.78. The first kappa shape index (κ1) is 15.0. The lowest BCUT2D eigenvalue weighted by Gasteiger charge is -2.35. The van der Waals surface area contributed by atoms with Crippen molar-refractivity contribution in [1.29, 1.82) is 0 Å². The first-order chi connectivity index (χ1) is 9.05. The molecule has 0 heterocycles. The van der Waals surface area contributed by atoms with Crippen LogP contribution in [-0.4, -0.2) is 27.2 Å². The van der Waals surface area contributed by atoms with Gasteiger partial charge in [-0.25, -0.2) is 13.1 Å². The summed E-state index contributed by atoms with van der Waals surface area (Å²) in [5.41, 5.74) is 1.05. The molecule has 1 aliphatic carbocycles. The van der Waals surface area contributed by atoms with Crippen molar-refractivity contribution in [3.63, 3.8) is 0 Å². The van der Waals surface area contributed by atoms with Crippen LogP contribution >= 0.6 is 15.9 Å². The molecular weight excluding hydrogens is 330 g/mol. The molecule has 4 nitrogen and oxygen atoms in total. The van der Waals surface area contributed by atoms with Crippen molar-refractivity contribution >= 4 is 26.0 Å². The monoisotopic (exact) mass is 347 g/mol. The predicted molar refractivity (Wildman–Crippen MR) is 77.8 cm³/mol. The van der Waals surface area contributed by atoms with Gasteiger partial charge < -0.3 is 4.74 Å². The number of benzene rings is 1. The maximum absolute atomic E-state index is 12.1. The highest BCUT2D eigenvalue weighted by molar-refractivity contribution is 9.08. The quantitative estimate of drug-likeness (QED) is 0.804. The van der Waals surface area contributed by atoms with Crippen LogP contribution in [0.4, 0.5) is 0 Å². The van der Waals surface area contributed by atoms with E-state index in [1.165, 1.54) is 0 Å². The summed E-state index contributed by atoms with van der Waals surface area (Å²) >= 11 is 3.34. The molecule has 0 aliphatic heterocycles. The van der Waals surface area contributed by atoms with Crippen LogP contribution in [0, 0.1) is 0 Å². The van der Waals surface area contributed by atoms with Gasteiger partial charge in [-0.3, -0.25) is 0 Å². The number of sulfonamides is 1. The summed E-state index contributed by atoms with van der Waals surface area (Å²) in [5, 5.41) is 0.722. The van der Waals surface area contributed by atoms with E-state index in [-0.39, 0.29) is 12.1 Å². The number of halogens is 1. The van der Waals surface area contributed by atoms with Crippen molar-refractivity contribution in [2.75, 3.05) is 6.61 Å². The number of rotatable bonds is 6. The van der Waals surface area contributed by atoms with Crippen LogP contribution in [0.15, 0.2) is 29.2 Å². The Morgan fingerprint density at radius 2 is 1.95 bits per heavy atom. The maximum atomic E-state index is 12.1. The topological polar surface area (TPSA) is 55.4 Å². The minimum atomic E-state index is -3.40. The zero-order valence-electron chi connectivity index (χ0n) is 10.8. The molecule has 1 fully saturated rings. The molecule has 6 heteroatoms. The Balaban J connectivity index is 1.95. The lowest BCUT2D eigenvalue weighted by Crippen LogP contribution is -2.47. The maximum Gasteiger partial charge on any atom is 0.240 e. The molecule has 0 spiro atoms. The number of alkyl halides is 1. The molecule has 0 bridgehead atoms. The van der Waals surface area contributed by atoms with E-state index in [1.807, 2.05) is 19.1 Å². The molecule has 106 valence electrons. The van der Waals surface area contributed by atoms with Gasteiger partial charge in [0, 0.05) is 18.0 Å². The van der Waals surface area contributed by atoms with Crippen LogP contribution in [0.2, 0.25) is 0 Å². The third-order valence-corrected chi connectivity index (χ3v) is 5.39. The second-order valence-corrected chi connectivity index (χ2v) is 6.92. The molecule has 0 saturated heterocycles. The summed E-state index contributed by atoms with van der Waals surface area (Å²) in [7, 11) is -3.40. The molecular formula is C13H18BrNO3S. The first-order valence-electron chi connectivity index (χ1n) is 6.34. The van der Waals surface area contributed by atoms with Crippen molar-refractivity contribution in [2.45, 2.75) is 42.1 Å². The van der Waals surface area contributed by atoms with Crippen molar-refractivity contribution in [2.24, 2.45) is 0 Å². The molecule has 1 aromatic rings. The van der Waals surface area contributed by atoms with Gasteiger partial charge in [0.05, 0.1) is 11.0 Å². The smallest absolute Gasteiger partial charge is 0.240 e. The van der Waals surface area contributed by atoms with Crippen LogP contribution in [0.1, 0.15) is 25.3 Å². The van der Waals surface area contributed by atoms with Gasteiger partial charge in [-0.05, 0) is 37.5 Å². The minimum absolute atomic E-state index is 0.00241. The van der Waals surface area contributed by atoms with E-state index < -0.39 is 10.0 Å². The molecule has 1 aliphatic rings. The Kier molecular flexibility index (Phi) is 5.00. The van der Waals surface area contributed by atoms with Gasteiger partial charge in [0.15, 0.2) is 0 Å². The summed E-state index contributed by atoms with van der Waals surface area (Å²) in [6.07, 6.45) is 1.72. The Morgan fingerprint density at radius 1 is 1.32 bits per heavy atom. The van der Waals surface area contributed by atoms with Crippen molar-refractivity contribution in [1.82, 2.24) is 4.72 Å². The standard InChI is InChI=1S/C13H18BrNO3S/c1-2-18-12-7-11(8-12)15-19(16,17)13-5-3-10(9-14)4-6-13/h3-6,11-12,15H,2,7-9H2,1H3. The fraction of sp³-hybridized carbons (Fsp3) is 0.538. The average molecular weight is 348 g/mol. The molecule has 1 saturated carbocycles. The van der Waals surface area contributed by atoms with Crippen molar-refractivity contribution < 1.29 is 13.2 Å². The van der Waals surface area contributed by atoms with Gasteiger partial charge in [0.1, 0.15) is 0 Å². The van der Waals surface area contributed by atoms with Crippen LogP contribution in [0.3, 0.4) is 0 Å². The van der Waals surface area contributed by atoms with E-state index in [2.05, 4.69) is 20.7 Å². The number of nitrogens with one attached hydrogen (secondary N) is 1. The van der Waals surface area contributed by atoms with Crippen LogP contribution < -0.4 is 4.72 Å². The first-order valence-corrected chi connectivity index (χ1v) is 8.94. The van der Waals surface area contributed by atoms with E-state index in [9.17, 15) is 8.42 Å². The molecule has 0 amide bonds. The summed E-state index contributed by atoms with van der Waals surface area (Å²) in [4.78, 5) is 0.317. The summed E-state index contributed by atoms with van der Waals surface area (Å²) < 4.78 is 32.4. The van der Waals surface area contributed by atoms with E-state index in [0.29, 0.717) is 11.5 Å². The average Bonchev–Trinajstić information content (AvgIpc) is 2.36. The fourth-order valence-electron chi connectivity index (χ4n) is 2.08. The van der Waals surface area contributed by atoms with Crippen LogP contribution in [0.25, 0.3) is 0 Å². The normalized spacial score (nSPS) is 23.1. The highest BCUT2D eigenvalue weighted by Gasteiger charge is 2.32. The van der Waals surface area contributed by atoms with Gasteiger partial charge in [0.25, 0.3) is 0 Å². The minimum Gasteiger partial charge on any atom is -0.378 e. The Hall–Kier alpha value is -0.430. The SMILES string of the molecule is CCOC1CC(NS(=O)(=O)c2ccc(CBr)cc2)C1. The highest BCUT2D eigenvalue weighted by atomic mass is 79.9. The van der Waals surface area contributed by atoms with E-state index >= 15 is 0 Å². The van der Waals surface area contributed by atoms with E-state index in [0.717, 1.165) is 23.7 Å². The second-order valence-electron chi connectivity index (χ2n) is 4.64. The van der Waals surface area contributed by atoms with Crippen molar-refractivity contribution in [3.8, 4) is 0 Å². The van der Waals surface area contributed by atoms with Crippen LogP contribution in [-0.2, 0) is 20.1 Å². The van der Waals surface area contributed by atoms with E-state index in [4.69, 9.17) is 4.74 Å². The molecule has 0 atom stereocenters. The molecule has 19 heavy (non-hydrogen) atoms. The largest absolute Gasteiger partial charge is 0.378 e. The zero-order chi connectivity index (χ0) is 13.9. The zero-order valence-corrected chi connectivity index (χ0v) is 13.2. The van der Waals surface area contributed by atoms with Crippen molar-refractivity contribution in [3.05, 3.63) is 29.8 Å². The molecule has 0 unspecified atom stereocenters. The van der Waals surface area contributed by atoms with Gasteiger partial charge >= 0.3 is 0 Å². The number of hydrogen-bond donors (Lipinski definition) is 1. The number of hydrogen-bond acceptors (Lipinski definition) is 3. The highest BCUT2D eigenvalue weighted by Crippen LogP contribution is 2.25. The molecule has 1 N–H and O–H groups in total. The van der Waals surface area contributed by atoms with Gasteiger partial charge in [0.2, 0.25) is 10.0 Å². The predicted octanol–water partition coefficient (Wildman–Crippen LogP) is 2.43. The summed E-state index contributed by atoms with van der Waals surface area (Å²) in [6.45, 7) is 2.63. The Bertz CT molecular complexity index is 509. The molecule has 0 aromatic heterocycles. The molecule has 1 aromatic carbocycles. The van der Waals surface area contributed by atoms with Gasteiger partial charge in [-0.2, -0.15) is 0 Å².